The molecule has 1 saturated heterocycles. The number of Topliss-reactive ketones (excluding diaryl/α,β-unsaturated/α-hetero) is 1. The van der Waals surface area contributed by atoms with Crippen LogP contribution >= 0.6 is 0 Å². The maximum atomic E-state index is 10.8. The first-order valence-electron chi connectivity index (χ1n) is 3.26. The van der Waals surface area contributed by atoms with Crippen LogP contribution in [0.1, 0.15) is 12.8 Å². The molecule has 0 saturated carbocycles. The number of carbonyl (C=O) groups is 2. The van der Waals surface area contributed by atoms with Crippen LogP contribution in [0.2, 0.25) is 0 Å². The number of hydrogen-bond donors (Lipinski definition) is 2. The fourth-order valence-electron chi connectivity index (χ4n) is 0.998. The summed E-state index contributed by atoms with van der Waals surface area (Å²) < 4.78 is 0. The van der Waals surface area contributed by atoms with Gasteiger partial charge in [0, 0.05) is 6.42 Å². The van der Waals surface area contributed by atoms with Crippen LogP contribution in [0.25, 0.3) is 0 Å². The molecule has 1 fully saturated rings. The number of nitrogens with two attached hydrogens (primary N) is 1. The van der Waals surface area contributed by atoms with Crippen LogP contribution < -0.4 is 11.1 Å². The summed E-state index contributed by atoms with van der Waals surface area (Å²) in [7, 11) is 0. The standard InChI is InChI=1S/C6H10N2O2/c7-3-5(9)4-1-2-6(10)8-4/h4H,1-3,7H2,(H,8,10). The summed E-state index contributed by atoms with van der Waals surface area (Å²) >= 11 is 0. The number of rotatable bonds is 2. The van der Waals surface area contributed by atoms with E-state index in [1.165, 1.54) is 0 Å². The van der Waals surface area contributed by atoms with E-state index in [9.17, 15) is 9.59 Å². The van der Waals surface area contributed by atoms with Gasteiger partial charge in [-0.3, -0.25) is 9.59 Å². The van der Waals surface area contributed by atoms with Crippen molar-refractivity contribution in [2.75, 3.05) is 6.54 Å². The first-order valence-corrected chi connectivity index (χ1v) is 3.26. The highest BCUT2D eigenvalue weighted by Crippen LogP contribution is 2.06. The predicted octanol–water partition coefficient (Wildman–Crippen LogP) is -1.21. The normalized spacial score (nSPS) is 24.5. The fourth-order valence-corrected chi connectivity index (χ4v) is 0.998. The predicted molar refractivity (Wildman–Crippen MR) is 35.2 cm³/mol. The molecule has 1 aliphatic rings. The van der Waals surface area contributed by atoms with E-state index in [1.54, 1.807) is 0 Å². The Balaban J connectivity index is 2.44. The summed E-state index contributed by atoms with van der Waals surface area (Å²) in [6.45, 7) is 0.0188. The number of carbonyl (C=O) groups excluding carboxylic acids is 2. The Morgan fingerprint density at radius 3 is 2.90 bits per heavy atom. The van der Waals surface area contributed by atoms with Gasteiger partial charge in [0.05, 0.1) is 12.6 Å². The van der Waals surface area contributed by atoms with Gasteiger partial charge in [-0.2, -0.15) is 0 Å². The minimum absolute atomic E-state index is 0.0188. The zero-order valence-corrected chi connectivity index (χ0v) is 5.59. The van der Waals surface area contributed by atoms with E-state index in [0.717, 1.165) is 0 Å². The van der Waals surface area contributed by atoms with Crippen molar-refractivity contribution in [1.82, 2.24) is 5.32 Å². The van der Waals surface area contributed by atoms with Crippen molar-refractivity contribution < 1.29 is 9.59 Å². The molecule has 1 aliphatic heterocycles. The highest BCUT2D eigenvalue weighted by Gasteiger charge is 2.25. The van der Waals surface area contributed by atoms with Crippen molar-refractivity contribution in [1.29, 1.82) is 0 Å². The van der Waals surface area contributed by atoms with E-state index in [4.69, 9.17) is 5.73 Å². The second-order valence-corrected chi connectivity index (χ2v) is 2.33. The Labute approximate surface area is 58.8 Å². The maximum Gasteiger partial charge on any atom is 0.220 e. The zero-order chi connectivity index (χ0) is 7.56. The summed E-state index contributed by atoms with van der Waals surface area (Å²) in [5, 5.41) is 2.54. The molecule has 3 N–H and O–H groups in total. The summed E-state index contributed by atoms with van der Waals surface area (Å²) in [4.78, 5) is 21.4. The van der Waals surface area contributed by atoms with E-state index in [0.29, 0.717) is 12.8 Å². The van der Waals surface area contributed by atoms with Crippen LogP contribution in [0.3, 0.4) is 0 Å². The van der Waals surface area contributed by atoms with E-state index in [2.05, 4.69) is 5.32 Å². The maximum absolute atomic E-state index is 10.8. The minimum Gasteiger partial charge on any atom is -0.346 e. The Morgan fingerprint density at radius 2 is 2.50 bits per heavy atom. The van der Waals surface area contributed by atoms with Gasteiger partial charge in [-0.15, -0.1) is 0 Å². The van der Waals surface area contributed by atoms with Crippen molar-refractivity contribution in [3.63, 3.8) is 0 Å². The van der Waals surface area contributed by atoms with Crippen molar-refractivity contribution in [3.05, 3.63) is 0 Å². The van der Waals surface area contributed by atoms with Gasteiger partial charge in [-0.25, -0.2) is 0 Å². The highest BCUT2D eigenvalue weighted by atomic mass is 16.2. The molecule has 0 aromatic heterocycles. The fraction of sp³-hybridized carbons (Fsp3) is 0.667. The van der Waals surface area contributed by atoms with Gasteiger partial charge in [-0.1, -0.05) is 0 Å². The monoisotopic (exact) mass is 142 g/mol. The molecule has 1 rings (SSSR count). The average Bonchev–Trinajstić information content (AvgIpc) is 2.34. The Kier molecular flexibility index (Phi) is 2.01. The Bertz CT molecular complexity index is 167. The van der Waals surface area contributed by atoms with Gasteiger partial charge < -0.3 is 11.1 Å². The highest BCUT2D eigenvalue weighted by molar-refractivity contribution is 5.92. The quantitative estimate of drug-likeness (QED) is 0.508. The molecule has 0 radical (unpaired) electrons. The van der Waals surface area contributed by atoms with Crippen molar-refractivity contribution in [2.45, 2.75) is 18.9 Å². The third kappa shape index (κ3) is 1.33. The molecule has 1 amide bonds. The molecule has 0 bridgehead atoms. The second kappa shape index (κ2) is 2.79. The van der Waals surface area contributed by atoms with Gasteiger partial charge in [0.2, 0.25) is 5.91 Å². The first-order chi connectivity index (χ1) is 4.74. The third-order valence-corrected chi connectivity index (χ3v) is 1.59. The van der Waals surface area contributed by atoms with E-state index in [-0.39, 0.29) is 24.3 Å². The molecule has 56 valence electrons. The lowest BCUT2D eigenvalue weighted by Gasteiger charge is -2.04. The molecule has 0 aliphatic carbocycles. The summed E-state index contributed by atoms with van der Waals surface area (Å²) in [5.74, 6) is -0.127. The van der Waals surface area contributed by atoms with Crippen LogP contribution in [0.15, 0.2) is 0 Å². The largest absolute Gasteiger partial charge is 0.346 e. The van der Waals surface area contributed by atoms with Crippen LogP contribution in [-0.2, 0) is 9.59 Å². The van der Waals surface area contributed by atoms with Crippen LogP contribution in [0.4, 0.5) is 0 Å². The molecule has 1 heterocycles. The molecular weight excluding hydrogens is 132 g/mol. The molecule has 0 aromatic carbocycles. The lowest BCUT2D eigenvalue weighted by molar-refractivity contribution is -0.123. The van der Waals surface area contributed by atoms with Gasteiger partial charge in [-0.05, 0) is 6.42 Å². The second-order valence-electron chi connectivity index (χ2n) is 2.33. The van der Waals surface area contributed by atoms with E-state index < -0.39 is 0 Å². The topological polar surface area (TPSA) is 72.2 Å². The summed E-state index contributed by atoms with van der Waals surface area (Å²) in [6.07, 6.45) is 1.06. The first kappa shape index (κ1) is 7.21. The molecule has 1 unspecified atom stereocenters. The minimum atomic E-state index is -0.308. The van der Waals surface area contributed by atoms with E-state index in [1.807, 2.05) is 0 Å². The Morgan fingerprint density at radius 1 is 1.80 bits per heavy atom. The molecule has 4 nitrogen and oxygen atoms in total. The van der Waals surface area contributed by atoms with E-state index >= 15 is 0 Å². The molecule has 1 atom stereocenters. The molecular formula is C6H10N2O2. The van der Waals surface area contributed by atoms with Crippen molar-refractivity contribution >= 4 is 11.7 Å². The lowest BCUT2D eigenvalue weighted by atomic mass is 10.1. The number of nitrogens with one attached hydrogen (secondary N) is 1. The molecule has 0 aromatic rings. The van der Waals surface area contributed by atoms with Gasteiger partial charge in [0.1, 0.15) is 0 Å². The lowest BCUT2D eigenvalue weighted by Crippen LogP contribution is -2.36. The molecule has 0 spiro atoms. The van der Waals surface area contributed by atoms with Crippen LogP contribution in [0.5, 0.6) is 0 Å². The van der Waals surface area contributed by atoms with Gasteiger partial charge >= 0.3 is 0 Å². The van der Waals surface area contributed by atoms with Crippen molar-refractivity contribution in [2.24, 2.45) is 5.73 Å². The number of hydrogen-bond acceptors (Lipinski definition) is 3. The number of amides is 1. The summed E-state index contributed by atoms with van der Waals surface area (Å²) in [5.41, 5.74) is 5.10. The molecule has 10 heavy (non-hydrogen) atoms. The molecule has 4 heteroatoms. The van der Waals surface area contributed by atoms with Gasteiger partial charge in [0.15, 0.2) is 5.78 Å². The zero-order valence-electron chi connectivity index (χ0n) is 5.59. The smallest absolute Gasteiger partial charge is 0.220 e. The SMILES string of the molecule is NCC(=O)C1CCC(=O)N1. The summed E-state index contributed by atoms with van der Waals surface area (Å²) in [6, 6.07) is -0.308. The van der Waals surface area contributed by atoms with Crippen molar-refractivity contribution in [3.8, 4) is 0 Å². The van der Waals surface area contributed by atoms with Crippen LogP contribution in [0, 0.1) is 0 Å². The van der Waals surface area contributed by atoms with Gasteiger partial charge in [0.25, 0.3) is 0 Å². The third-order valence-electron chi connectivity index (χ3n) is 1.59. The number of ketones is 1. The van der Waals surface area contributed by atoms with Crippen LogP contribution in [-0.4, -0.2) is 24.3 Å². The average molecular weight is 142 g/mol. The Hall–Kier alpha value is -0.900.